The molecule has 0 radical (unpaired) electrons. The van der Waals surface area contributed by atoms with Crippen LogP contribution >= 0.6 is 0 Å². The van der Waals surface area contributed by atoms with Crippen molar-refractivity contribution < 1.29 is 9.90 Å². The average Bonchev–Trinajstić information content (AvgIpc) is 3.02. The van der Waals surface area contributed by atoms with Gasteiger partial charge in [-0.25, -0.2) is 9.78 Å². The SMILES string of the molecule is O=C(O)c1ccc2n[nH]nc2c1.c1c[nH]cn1. The minimum Gasteiger partial charge on any atom is -0.478 e. The van der Waals surface area contributed by atoms with Crippen molar-refractivity contribution in [1.29, 1.82) is 0 Å². The van der Waals surface area contributed by atoms with Gasteiger partial charge in [0, 0.05) is 12.4 Å². The molecule has 0 aliphatic heterocycles. The molecule has 2 heterocycles. The first-order valence-electron chi connectivity index (χ1n) is 4.74. The maximum absolute atomic E-state index is 10.5. The summed E-state index contributed by atoms with van der Waals surface area (Å²) in [5.74, 6) is -0.958. The normalized spacial score (nSPS) is 9.65. The van der Waals surface area contributed by atoms with E-state index >= 15 is 0 Å². The zero-order chi connectivity index (χ0) is 12.1. The average molecular weight is 231 g/mol. The van der Waals surface area contributed by atoms with E-state index in [4.69, 9.17) is 5.11 Å². The summed E-state index contributed by atoms with van der Waals surface area (Å²) < 4.78 is 0. The van der Waals surface area contributed by atoms with Gasteiger partial charge in [-0.3, -0.25) is 0 Å². The van der Waals surface area contributed by atoms with Crippen LogP contribution in [0.25, 0.3) is 11.0 Å². The van der Waals surface area contributed by atoms with Crippen LogP contribution in [0, 0.1) is 0 Å². The lowest BCUT2D eigenvalue weighted by molar-refractivity contribution is 0.0697. The Morgan fingerprint density at radius 2 is 2.06 bits per heavy atom. The summed E-state index contributed by atoms with van der Waals surface area (Å²) in [5.41, 5.74) is 1.45. The van der Waals surface area contributed by atoms with Crippen LogP contribution in [-0.2, 0) is 0 Å². The number of nitrogens with zero attached hydrogens (tertiary/aromatic N) is 3. The number of aromatic carboxylic acids is 1. The molecule has 1 aromatic carbocycles. The first-order valence-corrected chi connectivity index (χ1v) is 4.74. The lowest BCUT2D eigenvalue weighted by atomic mass is 10.2. The number of nitrogens with one attached hydrogen (secondary N) is 2. The Kier molecular flexibility index (Phi) is 3.10. The highest BCUT2D eigenvalue weighted by Crippen LogP contribution is 2.09. The Bertz CT molecular complexity index is 585. The van der Waals surface area contributed by atoms with E-state index in [-0.39, 0.29) is 5.56 Å². The number of benzene rings is 1. The first-order chi connectivity index (χ1) is 8.27. The van der Waals surface area contributed by atoms with Crippen LogP contribution in [0.2, 0.25) is 0 Å². The Morgan fingerprint density at radius 3 is 2.65 bits per heavy atom. The molecule has 0 aliphatic carbocycles. The fourth-order valence-corrected chi connectivity index (χ4v) is 1.19. The number of hydrogen-bond acceptors (Lipinski definition) is 4. The summed E-state index contributed by atoms with van der Waals surface area (Å²) in [4.78, 5) is 16.9. The van der Waals surface area contributed by atoms with Crippen molar-refractivity contribution in [2.45, 2.75) is 0 Å². The van der Waals surface area contributed by atoms with Crippen LogP contribution in [0.5, 0.6) is 0 Å². The van der Waals surface area contributed by atoms with E-state index in [0.29, 0.717) is 11.0 Å². The van der Waals surface area contributed by atoms with E-state index in [9.17, 15) is 4.79 Å². The number of carboxylic acids is 1. The maximum atomic E-state index is 10.5. The second-order valence-electron chi connectivity index (χ2n) is 3.09. The van der Waals surface area contributed by atoms with E-state index in [1.165, 1.54) is 12.1 Å². The van der Waals surface area contributed by atoms with Crippen molar-refractivity contribution in [2.75, 3.05) is 0 Å². The summed E-state index contributed by atoms with van der Waals surface area (Å²) in [6.45, 7) is 0. The monoisotopic (exact) mass is 231 g/mol. The van der Waals surface area contributed by atoms with E-state index in [1.54, 1.807) is 24.8 Å². The van der Waals surface area contributed by atoms with Crippen LogP contribution in [0.15, 0.2) is 36.9 Å². The van der Waals surface area contributed by atoms with Gasteiger partial charge in [0.25, 0.3) is 0 Å². The second kappa shape index (κ2) is 4.88. The van der Waals surface area contributed by atoms with Crippen molar-refractivity contribution in [3.05, 3.63) is 42.5 Å². The largest absolute Gasteiger partial charge is 0.478 e. The number of fused-ring (bicyclic) bond motifs is 1. The lowest BCUT2D eigenvalue weighted by Gasteiger charge is -1.90. The molecule has 3 aromatic rings. The van der Waals surface area contributed by atoms with Crippen molar-refractivity contribution in [1.82, 2.24) is 25.4 Å². The van der Waals surface area contributed by atoms with Gasteiger partial charge < -0.3 is 10.1 Å². The third-order valence-electron chi connectivity index (χ3n) is 1.97. The second-order valence-corrected chi connectivity index (χ2v) is 3.09. The van der Waals surface area contributed by atoms with Crippen LogP contribution < -0.4 is 0 Å². The predicted octanol–water partition coefficient (Wildman–Crippen LogP) is 1.07. The van der Waals surface area contributed by atoms with E-state index in [1.807, 2.05) is 0 Å². The molecule has 0 amide bonds. The van der Waals surface area contributed by atoms with Crippen molar-refractivity contribution >= 4 is 17.0 Å². The molecule has 0 spiro atoms. The lowest BCUT2D eigenvalue weighted by Crippen LogP contribution is -1.94. The number of carbonyl (C=O) groups is 1. The number of carboxylic acid groups (broad SMARTS) is 1. The van der Waals surface area contributed by atoms with Gasteiger partial charge in [-0.1, -0.05) is 0 Å². The maximum Gasteiger partial charge on any atom is 0.335 e. The molecule has 0 saturated carbocycles. The molecular formula is C10H9N5O2. The summed E-state index contributed by atoms with van der Waals surface area (Å²) >= 11 is 0. The molecule has 0 fully saturated rings. The molecule has 3 N–H and O–H groups in total. The standard InChI is InChI=1S/C7H5N3O2.C3H4N2/c11-7(12)4-1-2-5-6(3-4)9-10-8-5;1-2-5-3-4-1/h1-3H,(H,11,12)(H,8,9,10);1-3H,(H,4,5). The van der Waals surface area contributed by atoms with Crippen LogP contribution in [0.1, 0.15) is 10.4 Å². The Balaban J connectivity index is 0.000000181. The van der Waals surface area contributed by atoms with Gasteiger partial charge in [-0.05, 0) is 18.2 Å². The van der Waals surface area contributed by atoms with Crippen LogP contribution in [0.4, 0.5) is 0 Å². The molecule has 0 saturated heterocycles. The molecular weight excluding hydrogens is 222 g/mol. The zero-order valence-corrected chi connectivity index (χ0v) is 8.66. The molecule has 0 bridgehead atoms. The highest BCUT2D eigenvalue weighted by atomic mass is 16.4. The van der Waals surface area contributed by atoms with Crippen molar-refractivity contribution in [3.8, 4) is 0 Å². The predicted molar refractivity (Wildman–Crippen MR) is 59.4 cm³/mol. The Labute approximate surface area is 95.5 Å². The Morgan fingerprint density at radius 1 is 1.24 bits per heavy atom. The van der Waals surface area contributed by atoms with Gasteiger partial charge >= 0.3 is 5.97 Å². The number of rotatable bonds is 1. The van der Waals surface area contributed by atoms with E-state index in [2.05, 4.69) is 25.4 Å². The van der Waals surface area contributed by atoms with Gasteiger partial charge in [-0.2, -0.15) is 15.4 Å². The fraction of sp³-hybridized carbons (Fsp3) is 0. The highest BCUT2D eigenvalue weighted by molar-refractivity contribution is 5.91. The smallest absolute Gasteiger partial charge is 0.335 e. The molecule has 0 atom stereocenters. The minimum absolute atomic E-state index is 0.219. The molecule has 0 unspecified atom stereocenters. The van der Waals surface area contributed by atoms with E-state index < -0.39 is 5.97 Å². The quantitative estimate of drug-likeness (QED) is 0.580. The van der Waals surface area contributed by atoms with Gasteiger partial charge in [0.15, 0.2) is 0 Å². The van der Waals surface area contributed by atoms with Gasteiger partial charge in [0.2, 0.25) is 0 Å². The number of imidazole rings is 1. The highest BCUT2D eigenvalue weighted by Gasteiger charge is 2.04. The third kappa shape index (κ3) is 2.65. The van der Waals surface area contributed by atoms with Crippen molar-refractivity contribution in [3.63, 3.8) is 0 Å². The summed E-state index contributed by atoms with van der Waals surface area (Å²) in [6, 6.07) is 4.58. The molecule has 3 rings (SSSR count). The van der Waals surface area contributed by atoms with Gasteiger partial charge in [0.05, 0.1) is 11.9 Å². The minimum atomic E-state index is -0.958. The van der Waals surface area contributed by atoms with Crippen LogP contribution in [0.3, 0.4) is 0 Å². The summed E-state index contributed by atoms with van der Waals surface area (Å²) in [7, 11) is 0. The number of aromatic nitrogens is 5. The molecule has 17 heavy (non-hydrogen) atoms. The topological polar surface area (TPSA) is 108 Å². The molecule has 0 aliphatic rings. The molecule has 7 heteroatoms. The number of H-pyrrole nitrogens is 2. The van der Waals surface area contributed by atoms with Gasteiger partial charge in [-0.15, -0.1) is 0 Å². The third-order valence-corrected chi connectivity index (χ3v) is 1.97. The van der Waals surface area contributed by atoms with Crippen molar-refractivity contribution in [2.24, 2.45) is 0 Å². The first kappa shape index (κ1) is 10.8. The molecule has 2 aromatic heterocycles. The van der Waals surface area contributed by atoms with Crippen LogP contribution in [-0.4, -0.2) is 36.5 Å². The molecule has 86 valence electrons. The molecule has 7 nitrogen and oxygen atoms in total. The number of aromatic amines is 2. The Hall–Kier alpha value is -2.70. The number of hydrogen-bond donors (Lipinski definition) is 3. The summed E-state index contributed by atoms with van der Waals surface area (Å²) in [6.07, 6.45) is 5.08. The summed E-state index contributed by atoms with van der Waals surface area (Å²) in [5, 5.41) is 18.6. The fourth-order valence-electron chi connectivity index (χ4n) is 1.19. The zero-order valence-electron chi connectivity index (χ0n) is 8.66. The van der Waals surface area contributed by atoms with Gasteiger partial charge in [0.1, 0.15) is 11.0 Å². The van der Waals surface area contributed by atoms with E-state index in [0.717, 1.165) is 0 Å².